The molecule has 0 atom stereocenters. The third-order valence-corrected chi connectivity index (χ3v) is 11.8. The van der Waals surface area contributed by atoms with Gasteiger partial charge in [-0.15, -0.1) is 0 Å². The lowest BCUT2D eigenvalue weighted by atomic mass is 9.97. The van der Waals surface area contributed by atoms with Gasteiger partial charge in [-0.1, -0.05) is 127 Å². The summed E-state index contributed by atoms with van der Waals surface area (Å²) in [6, 6.07) is 77.4. The fraction of sp³-hybridized carbons (Fsp3) is 0. The molecule has 0 saturated heterocycles. The first-order chi connectivity index (χ1) is 28.3. The highest BCUT2D eigenvalue weighted by atomic mass is 15.0. The molecule has 0 radical (unpaired) electrons. The van der Waals surface area contributed by atoms with Crippen molar-refractivity contribution in [2.24, 2.45) is 0 Å². The van der Waals surface area contributed by atoms with Crippen LogP contribution in [0.3, 0.4) is 0 Å². The van der Waals surface area contributed by atoms with E-state index in [1.807, 2.05) is 0 Å². The summed E-state index contributed by atoms with van der Waals surface area (Å²) in [6.45, 7) is 0. The maximum atomic E-state index is 2.43. The van der Waals surface area contributed by atoms with Crippen LogP contribution in [0.1, 0.15) is 0 Å². The second kappa shape index (κ2) is 12.5. The molecule has 266 valence electrons. The van der Waals surface area contributed by atoms with Crippen LogP contribution in [-0.4, -0.2) is 13.7 Å². The van der Waals surface area contributed by atoms with Gasteiger partial charge in [-0.05, 0) is 107 Å². The molecule has 0 bridgehead atoms. The van der Waals surface area contributed by atoms with E-state index in [-0.39, 0.29) is 0 Å². The van der Waals surface area contributed by atoms with Crippen molar-refractivity contribution < 1.29 is 0 Å². The molecule has 9 aromatic carbocycles. The van der Waals surface area contributed by atoms with E-state index in [0.29, 0.717) is 0 Å². The molecule has 0 unspecified atom stereocenters. The topological polar surface area (TPSA) is 14.8 Å². The molecule has 0 fully saturated rings. The largest absolute Gasteiger partial charge is 0.309 e. The van der Waals surface area contributed by atoms with Crippen molar-refractivity contribution in [1.82, 2.24) is 13.7 Å². The Morgan fingerprint density at radius 2 is 0.561 bits per heavy atom. The van der Waals surface area contributed by atoms with Crippen molar-refractivity contribution in [2.45, 2.75) is 0 Å². The Hall–Kier alpha value is -7.62. The summed E-state index contributed by atoms with van der Waals surface area (Å²) < 4.78 is 7.24. The summed E-state index contributed by atoms with van der Waals surface area (Å²) in [5, 5.41) is 7.49. The lowest BCUT2D eigenvalue weighted by molar-refractivity contribution is 1.17. The Balaban J connectivity index is 1.06. The van der Waals surface area contributed by atoms with Gasteiger partial charge in [0.1, 0.15) is 0 Å². The predicted molar refractivity (Wildman–Crippen MR) is 240 cm³/mol. The van der Waals surface area contributed by atoms with Crippen LogP contribution in [0.15, 0.2) is 212 Å². The molecule has 12 aromatic rings. The van der Waals surface area contributed by atoms with Crippen LogP contribution in [0.4, 0.5) is 0 Å². The van der Waals surface area contributed by atoms with Crippen molar-refractivity contribution in [3.63, 3.8) is 0 Å². The van der Waals surface area contributed by atoms with Gasteiger partial charge in [0.15, 0.2) is 0 Å². The molecule has 3 heterocycles. The van der Waals surface area contributed by atoms with Crippen molar-refractivity contribution in [3.8, 4) is 39.3 Å². The molecule has 0 saturated carbocycles. The van der Waals surface area contributed by atoms with Crippen molar-refractivity contribution >= 4 is 65.4 Å². The van der Waals surface area contributed by atoms with E-state index in [0.717, 1.165) is 11.4 Å². The van der Waals surface area contributed by atoms with Crippen LogP contribution in [0.5, 0.6) is 0 Å². The Bertz CT molecular complexity index is 3500. The molecule has 0 aliphatic carbocycles. The second-order valence-electron chi connectivity index (χ2n) is 15.0. The van der Waals surface area contributed by atoms with Crippen LogP contribution < -0.4 is 0 Å². The normalized spacial score (nSPS) is 11.9. The van der Waals surface area contributed by atoms with E-state index in [1.54, 1.807) is 0 Å². The molecule has 0 N–H and O–H groups in total. The Morgan fingerprint density at radius 1 is 0.193 bits per heavy atom. The van der Waals surface area contributed by atoms with E-state index < -0.39 is 0 Å². The maximum Gasteiger partial charge on any atom is 0.0548 e. The first kappa shape index (κ1) is 31.7. The summed E-state index contributed by atoms with van der Waals surface area (Å²) in [4.78, 5) is 0. The van der Waals surface area contributed by atoms with Crippen molar-refractivity contribution in [3.05, 3.63) is 212 Å². The monoisotopic (exact) mass is 725 g/mol. The highest BCUT2D eigenvalue weighted by molar-refractivity contribution is 6.19. The van der Waals surface area contributed by atoms with Crippen molar-refractivity contribution in [1.29, 1.82) is 0 Å². The zero-order valence-corrected chi connectivity index (χ0v) is 31.0. The first-order valence-electron chi connectivity index (χ1n) is 19.6. The van der Waals surface area contributed by atoms with E-state index in [2.05, 4.69) is 226 Å². The van der Waals surface area contributed by atoms with Gasteiger partial charge in [-0.3, -0.25) is 0 Å². The van der Waals surface area contributed by atoms with E-state index >= 15 is 0 Å². The van der Waals surface area contributed by atoms with E-state index in [4.69, 9.17) is 0 Å². The van der Waals surface area contributed by atoms with Gasteiger partial charge >= 0.3 is 0 Å². The number of hydrogen-bond donors (Lipinski definition) is 0. The molecule has 3 aromatic heterocycles. The van der Waals surface area contributed by atoms with Gasteiger partial charge in [0.05, 0.1) is 33.1 Å². The van der Waals surface area contributed by atoms with Crippen LogP contribution in [-0.2, 0) is 0 Å². The van der Waals surface area contributed by atoms with Crippen LogP contribution in [0.25, 0.3) is 105 Å². The SMILES string of the molecule is c1ccc(-n2c3ccccc3c3ccc(-c4cccc(-c5ccc6c(c5)c5cc7c(cc5n6-c5ccccc5)c5ccccc5n7-c5ccccc5)c4)cc32)cc1. The molecule has 3 heteroatoms. The fourth-order valence-corrected chi connectivity index (χ4v) is 9.25. The van der Waals surface area contributed by atoms with Gasteiger partial charge in [0.2, 0.25) is 0 Å². The minimum absolute atomic E-state index is 1.15. The molecule has 0 spiro atoms. The summed E-state index contributed by atoms with van der Waals surface area (Å²) in [7, 11) is 0. The van der Waals surface area contributed by atoms with E-state index in [1.165, 1.54) is 93.4 Å². The van der Waals surface area contributed by atoms with Crippen LogP contribution in [0.2, 0.25) is 0 Å². The van der Waals surface area contributed by atoms with Gasteiger partial charge in [0, 0.05) is 49.4 Å². The number of nitrogens with zero attached hydrogens (tertiary/aromatic N) is 3. The third-order valence-electron chi connectivity index (χ3n) is 11.8. The number of aromatic nitrogens is 3. The standard InChI is InChI=1S/C54H35N3/c1-4-17-40(18-5-1)55-49-25-12-10-23-43(49)45-29-27-39(33-52(45)55)37-16-14-15-36(31-37)38-28-30-51-46(32-38)48-35-53-47(34-54(48)57(51)42-21-8-3-9-22-42)44-24-11-13-26-50(44)56(53)41-19-6-2-7-20-41/h1-35H. The molecular formula is C54H35N3. The fourth-order valence-electron chi connectivity index (χ4n) is 9.25. The molecular weight excluding hydrogens is 691 g/mol. The highest BCUT2D eigenvalue weighted by Gasteiger charge is 2.19. The number of rotatable bonds is 5. The summed E-state index contributed by atoms with van der Waals surface area (Å²) in [5.74, 6) is 0. The maximum absolute atomic E-state index is 2.43. The van der Waals surface area contributed by atoms with Gasteiger partial charge in [0.25, 0.3) is 0 Å². The summed E-state index contributed by atoms with van der Waals surface area (Å²) in [6.07, 6.45) is 0. The van der Waals surface area contributed by atoms with Gasteiger partial charge < -0.3 is 13.7 Å². The lowest BCUT2D eigenvalue weighted by Crippen LogP contribution is -1.94. The van der Waals surface area contributed by atoms with Crippen LogP contribution >= 0.6 is 0 Å². The Kier molecular flexibility index (Phi) is 6.93. The predicted octanol–water partition coefficient (Wildman–Crippen LogP) is 14.3. The number of para-hydroxylation sites is 5. The zero-order valence-electron chi connectivity index (χ0n) is 31.0. The molecule has 0 amide bonds. The van der Waals surface area contributed by atoms with Crippen molar-refractivity contribution in [2.75, 3.05) is 0 Å². The molecule has 3 nitrogen and oxygen atoms in total. The Morgan fingerprint density at radius 3 is 1.12 bits per heavy atom. The molecule has 12 rings (SSSR count). The first-order valence-corrected chi connectivity index (χ1v) is 19.6. The van der Waals surface area contributed by atoms with Gasteiger partial charge in [-0.2, -0.15) is 0 Å². The minimum Gasteiger partial charge on any atom is -0.309 e. The average molecular weight is 726 g/mol. The minimum atomic E-state index is 1.15. The second-order valence-corrected chi connectivity index (χ2v) is 15.0. The van der Waals surface area contributed by atoms with Gasteiger partial charge in [-0.25, -0.2) is 0 Å². The summed E-state index contributed by atoms with van der Waals surface area (Å²) >= 11 is 0. The lowest BCUT2D eigenvalue weighted by Gasteiger charge is -2.10. The summed E-state index contributed by atoms with van der Waals surface area (Å²) in [5.41, 5.74) is 15.5. The van der Waals surface area contributed by atoms with Crippen LogP contribution in [0, 0.1) is 0 Å². The molecule has 0 aliphatic rings. The number of benzene rings is 9. The number of hydrogen-bond acceptors (Lipinski definition) is 0. The average Bonchev–Trinajstić information content (AvgIpc) is 3.91. The number of fused-ring (bicyclic) bond motifs is 9. The van der Waals surface area contributed by atoms with E-state index in [9.17, 15) is 0 Å². The quantitative estimate of drug-likeness (QED) is 0.168. The highest BCUT2D eigenvalue weighted by Crippen LogP contribution is 2.41. The molecule has 0 aliphatic heterocycles. The Labute approximate surface area is 329 Å². The smallest absolute Gasteiger partial charge is 0.0548 e. The molecule has 57 heavy (non-hydrogen) atoms. The zero-order chi connectivity index (χ0) is 37.5. The third kappa shape index (κ3) is 4.86.